The van der Waals surface area contributed by atoms with Crippen LogP contribution in [-0.4, -0.2) is 39.8 Å². The smallest absolute Gasteiger partial charge is 0.186 e. The third-order valence-corrected chi connectivity index (χ3v) is 6.48. The largest absolute Gasteiger partial charge is 0.496 e. The number of thiophene rings is 1. The molecule has 0 saturated heterocycles. The number of hydrogen-bond donors (Lipinski definition) is 0. The minimum absolute atomic E-state index is 0.00619. The maximum Gasteiger partial charge on any atom is 0.186 e. The Morgan fingerprint density at radius 1 is 1.13 bits per heavy atom. The first kappa shape index (κ1) is 18.9. The van der Waals surface area contributed by atoms with Crippen LogP contribution in [0.1, 0.15) is 39.1 Å². The van der Waals surface area contributed by atoms with Gasteiger partial charge in [0.25, 0.3) is 0 Å². The number of ether oxygens (including phenoxy) is 2. The van der Waals surface area contributed by atoms with Crippen molar-refractivity contribution in [3.8, 4) is 16.9 Å². The van der Waals surface area contributed by atoms with Crippen molar-refractivity contribution in [2.75, 3.05) is 14.2 Å². The van der Waals surface area contributed by atoms with Crippen LogP contribution in [0.5, 0.6) is 5.75 Å². The molecule has 3 heterocycles. The van der Waals surface area contributed by atoms with E-state index in [1.165, 1.54) is 4.88 Å². The molecule has 0 N–H and O–H groups in total. The Morgan fingerprint density at radius 2 is 2.00 bits per heavy atom. The van der Waals surface area contributed by atoms with Gasteiger partial charge in [-0.3, -0.25) is 4.79 Å². The number of para-hydroxylation sites is 1. The van der Waals surface area contributed by atoms with E-state index in [1.807, 2.05) is 35.7 Å². The molecule has 0 bridgehead atoms. The van der Waals surface area contributed by atoms with Gasteiger partial charge in [-0.25, -0.2) is 4.52 Å². The zero-order chi connectivity index (χ0) is 20.7. The van der Waals surface area contributed by atoms with Crippen molar-refractivity contribution in [2.45, 2.75) is 25.4 Å². The molecule has 4 aromatic rings. The molecular formula is C22H20N4O3S. The molecule has 0 unspecified atom stereocenters. The number of benzene rings is 1. The second-order valence-corrected chi connectivity index (χ2v) is 8.21. The van der Waals surface area contributed by atoms with Gasteiger partial charge in [-0.2, -0.15) is 5.10 Å². The van der Waals surface area contributed by atoms with Crippen LogP contribution in [0.15, 0.2) is 41.8 Å². The van der Waals surface area contributed by atoms with Crippen LogP contribution in [-0.2, 0) is 17.8 Å². The summed E-state index contributed by atoms with van der Waals surface area (Å²) in [5.41, 5.74) is 4.23. The Kier molecular flexibility index (Phi) is 4.80. The molecule has 1 aliphatic rings. The van der Waals surface area contributed by atoms with E-state index in [4.69, 9.17) is 14.6 Å². The average molecular weight is 420 g/mol. The molecule has 5 rings (SSSR count). The number of rotatable bonds is 5. The van der Waals surface area contributed by atoms with Crippen molar-refractivity contribution in [1.29, 1.82) is 0 Å². The number of methoxy groups -OCH3 is 2. The maximum absolute atomic E-state index is 12.8. The Balaban J connectivity index is 1.73. The van der Waals surface area contributed by atoms with Gasteiger partial charge < -0.3 is 9.47 Å². The van der Waals surface area contributed by atoms with Gasteiger partial charge in [0.15, 0.2) is 17.1 Å². The Hall–Kier alpha value is -3.10. The summed E-state index contributed by atoms with van der Waals surface area (Å²) in [6.45, 7) is 0.313. The van der Waals surface area contributed by atoms with Gasteiger partial charge >= 0.3 is 0 Å². The Bertz CT molecular complexity index is 1230. The molecule has 0 radical (unpaired) electrons. The van der Waals surface area contributed by atoms with Gasteiger partial charge in [-0.05, 0) is 17.5 Å². The van der Waals surface area contributed by atoms with E-state index in [0.717, 1.165) is 28.3 Å². The summed E-state index contributed by atoms with van der Waals surface area (Å²) in [6.07, 6.45) is 1.13. The van der Waals surface area contributed by atoms with Crippen molar-refractivity contribution < 1.29 is 14.3 Å². The highest BCUT2D eigenvalue weighted by atomic mass is 32.1. The highest BCUT2D eigenvalue weighted by molar-refractivity contribution is 7.10. The van der Waals surface area contributed by atoms with Crippen LogP contribution in [0.25, 0.3) is 16.8 Å². The minimum atomic E-state index is 0.00619. The topological polar surface area (TPSA) is 78.6 Å². The lowest BCUT2D eigenvalue weighted by Gasteiger charge is -2.21. The third-order valence-electron chi connectivity index (χ3n) is 5.45. The molecule has 7 nitrogen and oxygen atoms in total. The van der Waals surface area contributed by atoms with Gasteiger partial charge in [-0.1, -0.05) is 24.3 Å². The number of ketones is 1. The van der Waals surface area contributed by atoms with Gasteiger partial charge in [0.1, 0.15) is 5.75 Å². The number of fused-ring (bicyclic) bond motifs is 3. The summed E-state index contributed by atoms with van der Waals surface area (Å²) in [6, 6.07) is 11.8. The summed E-state index contributed by atoms with van der Waals surface area (Å²) < 4.78 is 12.8. The van der Waals surface area contributed by atoms with Crippen molar-refractivity contribution >= 4 is 22.8 Å². The maximum atomic E-state index is 12.8. The molecule has 0 fully saturated rings. The lowest BCUT2D eigenvalue weighted by Crippen LogP contribution is -2.23. The van der Waals surface area contributed by atoms with E-state index in [1.54, 1.807) is 30.1 Å². The van der Waals surface area contributed by atoms with Crippen molar-refractivity contribution in [3.63, 3.8) is 0 Å². The van der Waals surface area contributed by atoms with Crippen molar-refractivity contribution in [1.82, 2.24) is 19.8 Å². The molecular weight excluding hydrogens is 400 g/mol. The van der Waals surface area contributed by atoms with Crippen LogP contribution in [0.4, 0.5) is 0 Å². The molecule has 152 valence electrons. The summed E-state index contributed by atoms with van der Waals surface area (Å²) in [4.78, 5) is 14.0. The van der Waals surface area contributed by atoms with Gasteiger partial charge in [0, 0.05) is 36.3 Å². The predicted octanol–water partition coefficient (Wildman–Crippen LogP) is 3.92. The third kappa shape index (κ3) is 3.00. The molecule has 0 aliphatic heterocycles. The summed E-state index contributed by atoms with van der Waals surface area (Å²) in [5, 5.41) is 15.6. The van der Waals surface area contributed by atoms with Gasteiger partial charge in [-0.15, -0.1) is 21.5 Å². The summed E-state index contributed by atoms with van der Waals surface area (Å²) in [5.74, 6) is 0.852. The summed E-state index contributed by atoms with van der Waals surface area (Å²) >= 11 is 1.68. The standard InChI is InChI=1S/C22H20N4O3S/c1-28-12-15-20(14-6-3-4-7-18(14)29-2)22-24-23-21-16(26(22)25-15)10-13(11-17(21)27)19-8-5-9-30-19/h3-9,13H,10-12H2,1-2H3/t13-/m1/s1. The molecule has 1 aromatic carbocycles. The fourth-order valence-corrected chi connectivity index (χ4v) is 4.93. The number of hydrogen-bond acceptors (Lipinski definition) is 7. The van der Waals surface area contributed by atoms with Crippen LogP contribution in [0.2, 0.25) is 0 Å². The lowest BCUT2D eigenvalue weighted by molar-refractivity contribution is 0.0956. The minimum Gasteiger partial charge on any atom is -0.496 e. The first-order valence-corrected chi connectivity index (χ1v) is 10.5. The zero-order valence-electron chi connectivity index (χ0n) is 16.7. The van der Waals surface area contributed by atoms with Crippen molar-refractivity contribution in [2.24, 2.45) is 0 Å². The first-order chi connectivity index (χ1) is 14.7. The second-order valence-electron chi connectivity index (χ2n) is 7.23. The Labute approximate surface area is 177 Å². The van der Waals surface area contributed by atoms with Crippen LogP contribution >= 0.6 is 11.3 Å². The monoisotopic (exact) mass is 420 g/mol. The Morgan fingerprint density at radius 3 is 2.77 bits per heavy atom. The zero-order valence-corrected chi connectivity index (χ0v) is 17.5. The molecule has 30 heavy (non-hydrogen) atoms. The quantitative estimate of drug-likeness (QED) is 0.487. The van der Waals surface area contributed by atoms with E-state index < -0.39 is 0 Å². The highest BCUT2D eigenvalue weighted by Crippen LogP contribution is 2.38. The number of carbonyl (C=O) groups excluding carboxylic acids is 1. The van der Waals surface area contributed by atoms with Gasteiger partial charge in [0.2, 0.25) is 0 Å². The molecule has 0 saturated carbocycles. The number of aromatic nitrogens is 4. The van der Waals surface area contributed by atoms with E-state index in [2.05, 4.69) is 16.3 Å². The van der Waals surface area contributed by atoms with E-state index >= 15 is 0 Å². The molecule has 8 heteroatoms. The van der Waals surface area contributed by atoms with Crippen LogP contribution in [0, 0.1) is 0 Å². The number of carbonyl (C=O) groups is 1. The van der Waals surface area contributed by atoms with Crippen LogP contribution in [0.3, 0.4) is 0 Å². The molecule has 3 aromatic heterocycles. The van der Waals surface area contributed by atoms with E-state index in [9.17, 15) is 4.79 Å². The van der Waals surface area contributed by atoms with Gasteiger partial charge in [0.05, 0.1) is 30.7 Å². The molecule has 1 aliphatic carbocycles. The van der Waals surface area contributed by atoms with Crippen molar-refractivity contribution in [3.05, 3.63) is 63.7 Å². The number of Topliss-reactive ketones (excluding diaryl/α,β-unsaturated/α-hetero) is 1. The molecule has 0 spiro atoms. The SMILES string of the molecule is COCc1nn2c3c(nnc2c1-c1ccccc1OC)C(=O)C[C@H](c1cccs1)C3. The van der Waals surface area contributed by atoms with Crippen LogP contribution < -0.4 is 4.74 Å². The first-order valence-electron chi connectivity index (χ1n) is 9.67. The van der Waals surface area contributed by atoms with E-state index in [0.29, 0.717) is 30.8 Å². The lowest BCUT2D eigenvalue weighted by atomic mass is 9.87. The second kappa shape index (κ2) is 7.62. The van der Waals surface area contributed by atoms with E-state index in [-0.39, 0.29) is 11.7 Å². The number of nitrogens with zero attached hydrogens (tertiary/aromatic N) is 4. The highest BCUT2D eigenvalue weighted by Gasteiger charge is 2.32. The fourth-order valence-electron chi connectivity index (χ4n) is 4.10. The molecule has 0 amide bonds. The average Bonchev–Trinajstić information content (AvgIpc) is 3.42. The summed E-state index contributed by atoms with van der Waals surface area (Å²) in [7, 11) is 3.27. The fraction of sp³-hybridized carbons (Fsp3) is 0.273. The molecule has 1 atom stereocenters. The normalized spacial score (nSPS) is 16.1. The predicted molar refractivity (Wildman–Crippen MR) is 113 cm³/mol.